The number of nitriles is 1. The molecule has 1 amide bonds. The molecule has 6 heteroatoms. The fourth-order valence-corrected chi connectivity index (χ4v) is 6.82. The molecule has 0 aliphatic heterocycles. The van der Waals surface area contributed by atoms with E-state index in [2.05, 4.69) is 25.1 Å². The van der Waals surface area contributed by atoms with E-state index in [1.807, 2.05) is 4.90 Å². The number of hydrogen-bond donors (Lipinski definition) is 0. The lowest BCUT2D eigenvalue weighted by molar-refractivity contribution is -0.124. The average molecular weight is 469 g/mol. The fourth-order valence-electron chi connectivity index (χ4n) is 5.68. The third-order valence-corrected chi connectivity index (χ3v) is 8.98. The maximum absolute atomic E-state index is 14.0. The summed E-state index contributed by atoms with van der Waals surface area (Å²) in [6, 6.07) is 4.52. The SMILES string of the molecule is COC(=O)c1sc(C2=CCCCC2)cc1N(C(=O)[C@H]1CC[C@H](C)CC1)[C@H]1CC[C@@H](C#N)CC1. The molecule has 0 aromatic carbocycles. The maximum atomic E-state index is 14.0. The van der Waals surface area contributed by atoms with Crippen molar-refractivity contribution >= 4 is 34.5 Å². The van der Waals surface area contributed by atoms with Crippen LogP contribution in [0.25, 0.3) is 5.57 Å². The summed E-state index contributed by atoms with van der Waals surface area (Å²) in [5.41, 5.74) is 2.02. The van der Waals surface area contributed by atoms with Gasteiger partial charge in [-0.2, -0.15) is 5.26 Å². The third kappa shape index (κ3) is 5.35. The number of hydrogen-bond acceptors (Lipinski definition) is 5. The highest BCUT2D eigenvalue weighted by molar-refractivity contribution is 7.15. The summed E-state index contributed by atoms with van der Waals surface area (Å²) in [7, 11) is 1.41. The van der Waals surface area contributed by atoms with Crippen LogP contribution in [0, 0.1) is 29.1 Å². The Balaban J connectivity index is 1.71. The Morgan fingerprint density at radius 2 is 1.82 bits per heavy atom. The van der Waals surface area contributed by atoms with E-state index in [-0.39, 0.29) is 29.8 Å². The summed E-state index contributed by atoms with van der Waals surface area (Å²) in [6.45, 7) is 2.26. The number of esters is 1. The Morgan fingerprint density at radius 3 is 2.42 bits per heavy atom. The highest BCUT2D eigenvalue weighted by Crippen LogP contribution is 2.42. The van der Waals surface area contributed by atoms with E-state index in [1.165, 1.54) is 30.4 Å². The molecule has 3 aliphatic carbocycles. The van der Waals surface area contributed by atoms with Gasteiger partial charge in [0.15, 0.2) is 0 Å². The smallest absolute Gasteiger partial charge is 0.350 e. The Labute approximate surface area is 201 Å². The van der Waals surface area contributed by atoms with Gasteiger partial charge in [-0.1, -0.05) is 13.0 Å². The second-order valence-electron chi connectivity index (χ2n) is 10.1. The molecule has 0 unspecified atom stereocenters. The lowest BCUT2D eigenvalue weighted by Gasteiger charge is -2.38. The molecule has 0 spiro atoms. The highest BCUT2D eigenvalue weighted by atomic mass is 32.1. The first-order chi connectivity index (χ1) is 16.0. The average Bonchev–Trinajstić information content (AvgIpc) is 3.30. The molecule has 33 heavy (non-hydrogen) atoms. The summed E-state index contributed by atoms with van der Waals surface area (Å²) >= 11 is 1.47. The second-order valence-corrected chi connectivity index (χ2v) is 11.1. The normalized spacial score (nSPS) is 27.8. The first-order valence-electron chi connectivity index (χ1n) is 12.7. The molecule has 1 aromatic rings. The van der Waals surface area contributed by atoms with Gasteiger partial charge in [-0.3, -0.25) is 4.79 Å². The van der Waals surface area contributed by atoms with Crippen LogP contribution in [0.4, 0.5) is 5.69 Å². The molecule has 0 bridgehead atoms. The first kappa shape index (κ1) is 24.0. The van der Waals surface area contributed by atoms with E-state index >= 15 is 0 Å². The van der Waals surface area contributed by atoms with E-state index in [0.717, 1.165) is 81.2 Å². The summed E-state index contributed by atoms with van der Waals surface area (Å²) in [5.74, 6) is 0.551. The van der Waals surface area contributed by atoms with Crippen LogP contribution in [0.3, 0.4) is 0 Å². The van der Waals surface area contributed by atoms with Gasteiger partial charge in [0.2, 0.25) is 5.91 Å². The third-order valence-electron chi connectivity index (χ3n) is 7.80. The van der Waals surface area contributed by atoms with Crippen molar-refractivity contribution in [3.8, 4) is 6.07 Å². The molecule has 4 rings (SSSR count). The van der Waals surface area contributed by atoms with Crippen LogP contribution in [0.1, 0.15) is 98.5 Å². The first-order valence-corrected chi connectivity index (χ1v) is 13.5. The van der Waals surface area contributed by atoms with Crippen molar-refractivity contribution in [3.05, 3.63) is 21.9 Å². The van der Waals surface area contributed by atoms with Crippen LogP contribution in [-0.4, -0.2) is 25.0 Å². The largest absolute Gasteiger partial charge is 0.465 e. The molecule has 0 radical (unpaired) electrons. The van der Waals surface area contributed by atoms with Gasteiger partial charge in [0.05, 0.1) is 18.9 Å². The number of methoxy groups -OCH3 is 1. The van der Waals surface area contributed by atoms with Crippen LogP contribution < -0.4 is 4.90 Å². The number of carbonyl (C=O) groups excluding carboxylic acids is 2. The van der Waals surface area contributed by atoms with Crippen molar-refractivity contribution in [3.63, 3.8) is 0 Å². The zero-order valence-corrected chi connectivity index (χ0v) is 20.8. The fraction of sp³-hybridized carbons (Fsp3) is 0.667. The molecule has 0 saturated heterocycles. The maximum Gasteiger partial charge on any atom is 0.350 e. The summed E-state index contributed by atoms with van der Waals surface area (Å²) in [4.78, 5) is 30.4. The second kappa shape index (κ2) is 10.9. The Hall–Kier alpha value is -2.13. The van der Waals surface area contributed by atoms with Crippen LogP contribution in [0.15, 0.2) is 12.1 Å². The molecule has 2 saturated carbocycles. The standard InChI is InChI=1S/C27H36N2O3S/c1-18-8-12-21(13-9-18)26(30)29(22-14-10-19(17-28)11-15-22)23-16-24(20-6-4-3-5-7-20)33-25(23)27(31)32-2/h6,16,18-19,21-22H,3-5,7-15H2,1-2H3/t18-,19-,21-,22+. The summed E-state index contributed by atoms with van der Waals surface area (Å²) < 4.78 is 5.16. The van der Waals surface area contributed by atoms with Gasteiger partial charge in [0.25, 0.3) is 0 Å². The summed E-state index contributed by atoms with van der Waals surface area (Å²) in [6.07, 6.45) is 14.0. The van der Waals surface area contributed by atoms with E-state index in [9.17, 15) is 14.9 Å². The Bertz CT molecular complexity index is 928. The molecule has 0 atom stereocenters. The molecule has 1 heterocycles. The van der Waals surface area contributed by atoms with Crippen molar-refractivity contribution in [1.82, 2.24) is 0 Å². The van der Waals surface area contributed by atoms with E-state index in [4.69, 9.17) is 4.74 Å². The Morgan fingerprint density at radius 1 is 1.09 bits per heavy atom. The van der Waals surface area contributed by atoms with E-state index < -0.39 is 0 Å². The molecular weight excluding hydrogens is 432 g/mol. The van der Waals surface area contributed by atoms with E-state index in [0.29, 0.717) is 10.8 Å². The quantitative estimate of drug-likeness (QED) is 0.449. The van der Waals surface area contributed by atoms with Crippen LogP contribution in [0.5, 0.6) is 0 Å². The molecule has 2 fully saturated rings. The number of nitrogens with zero attached hydrogens (tertiary/aromatic N) is 2. The minimum Gasteiger partial charge on any atom is -0.465 e. The predicted octanol–water partition coefficient (Wildman–Crippen LogP) is 6.73. The highest BCUT2D eigenvalue weighted by Gasteiger charge is 2.37. The van der Waals surface area contributed by atoms with Gasteiger partial charge >= 0.3 is 5.97 Å². The zero-order chi connectivity index (χ0) is 23.4. The van der Waals surface area contributed by atoms with Crippen molar-refractivity contribution in [2.45, 2.75) is 90.0 Å². The summed E-state index contributed by atoms with van der Waals surface area (Å²) in [5, 5.41) is 9.37. The van der Waals surface area contributed by atoms with Crippen LogP contribution >= 0.6 is 11.3 Å². The minimum absolute atomic E-state index is 0.0117. The molecule has 5 nitrogen and oxygen atoms in total. The van der Waals surface area contributed by atoms with Gasteiger partial charge in [-0.25, -0.2) is 4.79 Å². The number of allylic oxidation sites excluding steroid dienone is 2. The van der Waals surface area contributed by atoms with Crippen LogP contribution in [-0.2, 0) is 9.53 Å². The van der Waals surface area contributed by atoms with Gasteiger partial charge in [0, 0.05) is 22.8 Å². The number of anilines is 1. The lowest BCUT2D eigenvalue weighted by atomic mass is 9.81. The number of amides is 1. The topological polar surface area (TPSA) is 70.4 Å². The van der Waals surface area contributed by atoms with Gasteiger partial charge < -0.3 is 9.64 Å². The number of rotatable bonds is 5. The molecule has 1 aromatic heterocycles. The van der Waals surface area contributed by atoms with Crippen molar-refractivity contribution < 1.29 is 14.3 Å². The number of ether oxygens (including phenoxy) is 1. The van der Waals surface area contributed by atoms with E-state index in [1.54, 1.807) is 0 Å². The lowest BCUT2D eigenvalue weighted by Crippen LogP contribution is -2.46. The molecule has 178 valence electrons. The monoisotopic (exact) mass is 468 g/mol. The molecular formula is C27H36N2O3S. The zero-order valence-electron chi connectivity index (χ0n) is 20.0. The van der Waals surface area contributed by atoms with Crippen molar-refractivity contribution in [2.24, 2.45) is 17.8 Å². The number of carbonyl (C=O) groups is 2. The van der Waals surface area contributed by atoms with Crippen LogP contribution in [0.2, 0.25) is 0 Å². The van der Waals surface area contributed by atoms with Gasteiger partial charge in [-0.05, 0) is 94.6 Å². The van der Waals surface area contributed by atoms with Gasteiger partial charge in [0.1, 0.15) is 4.88 Å². The van der Waals surface area contributed by atoms with Gasteiger partial charge in [-0.15, -0.1) is 11.3 Å². The van der Waals surface area contributed by atoms with Crippen molar-refractivity contribution in [2.75, 3.05) is 12.0 Å². The number of thiophene rings is 1. The Kier molecular flexibility index (Phi) is 7.90. The van der Waals surface area contributed by atoms with Crippen molar-refractivity contribution in [1.29, 1.82) is 5.26 Å². The minimum atomic E-state index is -0.363. The predicted molar refractivity (Wildman–Crippen MR) is 132 cm³/mol. The molecule has 3 aliphatic rings. The molecule has 0 N–H and O–H groups in total.